The van der Waals surface area contributed by atoms with Gasteiger partial charge in [0.25, 0.3) is 0 Å². The van der Waals surface area contributed by atoms with E-state index in [2.05, 4.69) is 10.3 Å². The molecule has 0 aliphatic rings. The standard InChI is InChI=1S/C12H13ClN4O/c1-8-11(6-12(14)18)15-16-17(8)7-9-3-2-4-10(13)5-9/h2-5H,6-7H2,1H3,(H2,14,18). The van der Waals surface area contributed by atoms with Gasteiger partial charge >= 0.3 is 0 Å². The van der Waals surface area contributed by atoms with Gasteiger partial charge in [-0.2, -0.15) is 0 Å². The van der Waals surface area contributed by atoms with Crippen molar-refractivity contribution in [3.63, 3.8) is 0 Å². The van der Waals surface area contributed by atoms with Crippen LogP contribution in [-0.2, 0) is 17.8 Å². The van der Waals surface area contributed by atoms with Crippen molar-refractivity contribution in [2.45, 2.75) is 19.9 Å². The summed E-state index contributed by atoms with van der Waals surface area (Å²) < 4.78 is 1.73. The van der Waals surface area contributed by atoms with Crippen LogP contribution in [0.25, 0.3) is 0 Å². The van der Waals surface area contributed by atoms with E-state index in [-0.39, 0.29) is 6.42 Å². The molecule has 0 spiro atoms. The quantitative estimate of drug-likeness (QED) is 0.905. The Balaban J connectivity index is 2.20. The minimum Gasteiger partial charge on any atom is -0.369 e. The Morgan fingerprint density at radius 1 is 1.50 bits per heavy atom. The summed E-state index contributed by atoms with van der Waals surface area (Å²) in [7, 11) is 0. The number of nitrogens with two attached hydrogens (primary N) is 1. The average Bonchev–Trinajstić information content (AvgIpc) is 2.61. The second-order valence-corrected chi connectivity index (χ2v) is 4.49. The van der Waals surface area contributed by atoms with E-state index in [9.17, 15) is 4.79 Å². The summed E-state index contributed by atoms with van der Waals surface area (Å²) in [5, 5.41) is 8.65. The smallest absolute Gasteiger partial charge is 0.223 e. The number of aromatic nitrogens is 3. The first-order valence-electron chi connectivity index (χ1n) is 5.48. The van der Waals surface area contributed by atoms with Crippen molar-refractivity contribution in [3.8, 4) is 0 Å². The van der Waals surface area contributed by atoms with Crippen molar-refractivity contribution in [1.82, 2.24) is 15.0 Å². The molecule has 1 aromatic heterocycles. The molecule has 2 aromatic rings. The lowest BCUT2D eigenvalue weighted by atomic mass is 10.2. The normalized spacial score (nSPS) is 10.6. The first-order chi connectivity index (χ1) is 8.56. The summed E-state index contributed by atoms with van der Waals surface area (Å²) >= 11 is 5.92. The van der Waals surface area contributed by atoms with Crippen molar-refractivity contribution in [3.05, 3.63) is 46.2 Å². The molecule has 5 nitrogen and oxygen atoms in total. The summed E-state index contributed by atoms with van der Waals surface area (Å²) in [5.41, 5.74) is 7.63. The van der Waals surface area contributed by atoms with Gasteiger partial charge in [0.15, 0.2) is 0 Å². The number of rotatable bonds is 4. The number of benzene rings is 1. The van der Waals surface area contributed by atoms with Gasteiger partial charge in [-0.05, 0) is 24.6 Å². The van der Waals surface area contributed by atoms with Crippen LogP contribution in [0.1, 0.15) is 17.0 Å². The average molecular weight is 265 g/mol. The van der Waals surface area contributed by atoms with Crippen LogP contribution in [0, 0.1) is 6.92 Å². The van der Waals surface area contributed by atoms with E-state index >= 15 is 0 Å². The lowest BCUT2D eigenvalue weighted by molar-refractivity contribution is -0.117. The minimum absolute atomic E-state index is 0.112. The molecule has 0 saturated carbocycles. The van der Waals surface area contributed by atoms with Gasteiger partial charge in [-0.3, -0.25) is 4.79 Å². The Morgan fingerprint density at radius 2 is 2.28 bits per heavy atom. The highest BCUT2D eigenvalue weighted by Gasteiger charge is 2.11. The number of hydrogen-bond acceptors (Lipinski definition) is 3. The number of primary amides is 1. The summed E-state index contributed by atoms with van der Waals surface area (Å²) in [6, 6.07) is 7.53. The molecule has 18 heavy (non-hydrogen) atoms. The first kappa shape index (κ1) is 12.6. The zero-order chi connectivity index (χ0) is 13.1. The Bertz CT molecular complexity index is 579. The number of carbonyl (C=O) groups excluding carboxylic acids is 1. The third kappa shape index (κ3) is 2.87. The molecule has 0 aliphatic carbocycles. The maximum Gasteiger partial charge on any atom is 0.223 e. The molecule has 0 unspecified atom stereocenters. The van der Waals surface area contributed by atoms with Gasteiger partial charge in [0.1, 0.15) is 0 Å². The molecule has 0 radical (unpaired) electrons. The van der Waals surface area contributed by atoms with E-state index in [1.807, 2.05) is 31.2 Å². The molecular weight excluding hydrogens is 252 g/mol. The Morgan fingerprint density at radius 3 is 2.94 bits per heavy atom. The van der Waals surface area contributed by atoms with Crippen molar-refractivity contribution in [1.29, 1.82) is 0 Å². The van der Waals surface area contributed by atoms with E-state index < -0.39 is 5.91 Å². The largest absolute Gasteiger partial charge is 0.369 e. The second kappa shape index (κ2) is 5.18. The molecular formula is C12H13ClN4O. The van der Waals surface area contributed by atoms with Crippen LogP contribution < -0.4 is 5.73 Å². The molecule has 0 bridgehead atoms. The fourth-order valence-electron chi connectivity index (χ4n) is 1.68. The van der Waals surface area contributed by atoms with Crippen LogP contribution in [0.5, 0.6) is 0 Å². The Labute approximate surface area is 110 Å². The highest BCUT2D eigenvalue weighted by atomic mass is 35.5. The summed E-state index contributed by atoms with van der Waals surface area (Å²) in [6.45, 7) is 2.43. The number of amides is 1. The fourth-order valence-corrected chi connectivity index (χ4v) is 1.90. The number of halogens is 1. The predicted octanol–water partition coefficient (Wildman–Crippen LogP) is 1.32. The summed E-state index contributed by atoms with van der Waals surface area (Å²) in [5.74, 6) is -0.409. The van der Waals surface area contributed by atoms with E-state index in [1.165, 1.54) is 0 Å². The van der Waals surface area contributed by atoms with Gasteiger partial charge in [0.2, 0.25) is 5.91 Å². The predicted molar refractivity (Wildman–Crippen MR) is 68.2 cm³/mol. The number of carbonyl (C=O) groups is 1. The number of nitrogens with zero attached hydrogens (tertiary/aromatic N) is 3. The van der Waals surface area contributed by atoms with Crippen molar-refractivity contribution < 1.29 is 4.79 Å². The van der Waals surface area contributed by atoms with Crippen LogP contribution in [0.3, 0.4) is 0 Å². The van der Waals surface area contributed by atoms with Crippen LogP contribution in [0.2, 0.25) is 5.02 Å². The highest BCUT2D eigenvalue weighted by Crippen LogP contribution is 2.13. The molecule has 1 aromatic carbocycles. The van der Waals surface area contributed by atoms with Crippen molar-refractivity contribution >= 4 is 17.5 Å². The second-order valence-electron chi connectivity index (χ2n) is 4.05. The molecule has 1 heterocycles. The fraction of sp³-hybridized carbons (Fsp3) is 0.250. The van der Waals surface area contributed by atoms with E-state index in [4.69, 9.17) is 17.3 Å². The van der Waals surface area contributed by atoms with E-state index in [0.717, 1.165) is 11.3 Å². The van der Waals surface area contributed by atoms with Crippen molar-refractivity contribution in [2.24, 2.45) is 5.73 Å². The maximum absolute atomic E-state index is 10.9. The lowest BCUT2D eigenvalue weighted by Gasteiger charge is -2.04. The third-order valence-corrected chi connectivity index (χ3v) is 2.88. The molecule has 0 atom stereocenters. The summed E-state index contributed by atoms with van der Waals surface area (Å²) in [4.78, 5) is 10.9. The van der Waals surface area contributed by atoms with Gasteiger partial charge in [-0.15, -0.1) is 5.10 Å². The zero-order valence-corrected chi connectivity index (χ0v) is 10.7. The summed E-state index contributed by atoms with van der Waals surface area (Å²) in [6.07, 6.45) is 0.112. The maximum atomic E-state index is 10.9. The van der Waals surface area contributed by atoms with Crippen molar-refractivity contribution in [2.75, 3.05) is 0 Å². The zero-order valence-electron chi connectivity index (χ0n) is 9.93. The highest BCUT2D eigenvalue weighted by molar-refractivity contribution is 6.30. The van der Waals surface area contributed by atoms with Gasteiger partial charge in [0, 0.05) is 5.02 Å². The molecule has 0 aliphatic heterocycles. The van der Waals surface area contributed by atoms with Gasteiger partial charge in [0.05, 0.1) is 24.4 Å². The molecule has 2 N–H and O–H groups in total. The van der Waals surface area contributed by atoms with Crippen LogP contribution >= 0.6 is 11.6 Å². The third-order valence-electron chi connectivity index (χ3n) is 2.64. The minimum atomic E-state index is -0.409. The Hall–Kier alpha value is -1.88. The van der Waals surface area contributed by atoms with E-state index in [1.54, 1.807) is 4.68 Å². The van der Waals surface area contributed by atoms with E-state index in [0.29, 0.717) is 17.3 Å². The van der Waals surface area contributed by atoms with Crippen LogP contribution in [0.4, 0.5) is 0 Å². The van der Waals surface area contributed by atoms with Gasteiger partial charge in [-0.25, -0.2) is 4.68 Å². The topological polar surface area (TPSA) is 73.8 Å². The molecule has 2 rings (SSSR count). The molecule has 94 valence electrons. The molecule has 1 amide bonds. The van der Waals surface area contributed by atoms with Gasteiger partial charge < -0.3 is 5.73 Å². The monoisotopic (exact) mass is 264 g/mol. The molecule has 6 heteroatoms. The lowest BCUT2D eigenvalue weighted by Crippen LogP contribution is -2.14. The molecule has 0 fully saturated rings. The van der Waals surface area contributed by atoms with Crippen LogP contribution in [0.15, 0.2) is 24.3 Å². The van der Waals surface area contributed by atoms with Crippen LogP contribution in [-0.4, -0.2) is 20.9 Å². The SMILES string of the molecule is Cc1c(CC(N)=O)nnn1Cc1cccc(Cl)c1. The molecule has 0 saturated heterocycles. The number of hydrogen-bond donors (Lipinski definition) is 1. The van der Waals surface area contributed by atoms with Gasteiger partial charge in [-0.1, -0.05) is 28.9 Å². The Kier molecular flexibility index (Phi) is 3.62. The first-order valence-corrected chi connectivity index (χ1v) is 5.86.